The van der Waals surface area contributed by atoms with Crippen molar-refractivity contribution in [2.24, 2.45) is 5.92 Å². The number of rotatable bonds is 5. The second kappa shape index (κ2) is 5.53. The summed E-state index contributed by atoms with van der Waals surface area (Å²) in [6.45, 7) is 5.18. The predicted octanol–water partition coefficient (Wildman–Crippen LogP) is 0.976. The van der Waals surface area contributed by atoms with Crippen LogP contribution in [0.5, 0.6) is 0 Å². The molecule has 1 N–H and O–H groups in total. The van der Waals surface area contributed by atoms with E-state index in [4.69, 9.17) is 5.11 Å². The van der Waals surface area contributed by atoms with Gasteiger partial charge in [-0.05, 0) is 13.8 Å². The third kappa shape index (κ3) is 3.21. The molecule has 0 aromatic carbocycles. The van der Waals surface area contributed by atoms with Gasteiger partial charge < -0.3 is 5.11 Å². The van der Waals surface area contributed by atoms with Crippen LogP contribution in [0.3, 0.4) is 0 Å². The van der Waals surface area contributed by atoms with Crippen molar-refractivity contribution in [3.05, 3.63) is 0 Å². The zero-order valence-electron chi connectivity index (χ0n) is 10.2. The first kappa shape index (κ1) is 14.0. The fourth-order valence-corrected chi connectivity index (χ4v) is 2.81. The van der Waals surface area contributed by atoms with E-state index in [2.05, 4.69) is 0 Å². The van der Waals surface area contributed by atoms with Crippen LogP contribution in [0.15, 0.2) is 0 Å². The van der Waals surface area contributed by atoms with E-state index in [1.165, 1.54) is 16.7 Å². The van der Waals surface area contributed by atoms with Gasteiger partial charge in [0.05, 0.1) is 11.2 Å². The van der Waals surface area contributed by atoms with E-state index < -0.39 is 17.1 Å². The number of carboxylic acid groups (broad SMARTS) is 1. The maximum absolute atomic E-state index is 11.9. The number of hydrogen-bond donors (Lipinski definition) is 1. The van der Waals surface area contributed by atoms with Crippen LogP contribution in [0.1, 0.15) is 27.2 Å². The lowest BCUT2D eigenvalue weighted by Crippen LogP contribution is -2.37. The maximum atomic E-state index is 11.9. The second-order valence-electron chi connectivity index (χ2n) is 4.46. The summed E-state index contributed by atoms with van der Waals surface area (Å²) in [7, 11) is 0. The SMILES string of the molecule is CC(CSC1CC(=O)N(C(C)C)C1=O)C(=O)O. The molecule has 1 fully saturated rings. The van der Waals surface area contributed by atoms with Gasteiger partial charge in [-0.25, -0.2) is 0 Å². The molecule has 0 saturated carbocycles. The summed E-state index contributed by atoms with van der Waals surface area (Å²) in [5.74, 6) is -1.38. The van der Waals surface area contributed by atoms with Crippen molar-refractivity contribution >= 4 is 29.5 Å². The molecule has 96 valence electrons. The monoisotopic (exact) mass is 259 g/mol. The van der Waals surface area contributed by atoms with Crippen molar-refractivity contribution in [1.82, 2.24) is 4.90 Å². The van der Waals surface area contributed by atoms with Crippen LogP contribution in [0.4, 0.5) is 0 Å². The van der Waals surface area contributed by atoms with Crippen molar-refractivity contribution in [2.75, 3.05) is 5.75 Å². The van der Waals surface area contributed by atoms with Crippen LogP contribution < -0.4 is 0 Å². The highest BCUT2D eigenvalue weighted by Crippen LogP contribution is 2.27. The Morgan fingerprint density at radius 3 is 2.47 bits per heavy atom. The number of hydrogen-bond acceptors (Lipinski definition) is 4. The Morgan fingerprint density at radius 2 is 2.06 bits per heavy atom. The number of thioether (sulfide) groups is 1. The van der Waals surface area contributed by atoms with E-state index in [0.717, 1.165) is 0 Å². The highest BCUT2D eigenvalue weighted by Gasteiger charge is 2.40. The van der Waals surface area contributed by atoms with Crippen molar-refractivity contribution in [3.8, 4) is 0 Å². The van der Waals surface area contributed by atoms with Crippen LogP contribution >= 0.6 is 11.8 Å². The summed E-state index contributed by atoms with van der Waals surface area (Å²) in [5.41, 5.74) is 0. The van der Waals surface area contributed by atoms with Gasteiger partial charge in [0.15, 0.2) is 0 Å². The van der Waals surface area contributed by atoms with E-state index in [0.29, 0.717) is 5.75 Å². The number of imide groups is 1. The lowest BCUT2D eigenvalue weighted by atomic mass is 10.2. The minimum Gasteiger partial charge on any atom is -0.481 e. The Balaban J connectivity index is 2.55. The third-order valence-electron chi connectivity index (χ3n) is 2.63. The zero-order valence-corrected chi connectivity index (χ0v) is 11.0. The molecule has 2 amide bonds. The summed E-state index contributed by atoms with van der Waals surface area (Å²) in [4.78, 5) is 35.4. The molecule has 0 bridgehead atoms. The van der Waals surface area contributed by atoms with Crippen LogP contribution in [-0.4, -0.2) is 44.8 Å². The minimum atomic E-state index is -0.880. The summed E-state index contributed by atoms with van der Waals surface area (Å²) >= 11 is 1.26. The molecule has 0 aromatic heterocycles. The van der Waals surface area contributed by atoms with Gasteiger partial charge in [-0.15, -0.1) is 11.8 Å². The van der Waals surface area contributed by atoms with Crippen molar-refractivity contribution in [3.63, 3.8) is 0 Å². The molecule has 1 aliphatic heterocycles. The summed E-state index contributed by atoms with van der Waals surface area (Å²) in [5, 5.41) is 8.33. The first-order chi connectivity index (χ1) is 7.84. The highest BCUT2D eigenvalue weighted by atomic mass is 32.2. The molecule has 1 rings (SSSR count). The molecule has 1 heterocycles. The predicted molar refractivity (Wildman–Crippen MR) is 64.7 cm³/mol. The van der Waals surface area contributed by atoms with Gasteiger partial charge in [0, 0.05) is 18.2 Å². The molecular formula is C11H17NO4S. The van der Waals surface area contributed by atoms with Gasteiger partial charge in [-0.2, -0.15) is 0 Å². The molecular weight excluding hydrogens is 242 g/mol. The first-order valence-corrected chi connectivity index (χ1v) is 6.59. The van der Waals surface area contributed by atoms with Crippen molar-refractivity contribution in [1.29, 1.82) is 0 Å². The maximum Gasteiger partial charge on any atom is 0.307 e. The number of carbonyl (C=O) groups excluding carboxylic acids is 2. The van der Waals surface area contributed by atoms with Crippen LogP contribution in [0.2, 0.25) is 0 Å². The molecule has 0 aliphatic carbocycles. The molecule has 0 radical (unpaired) electrons. The number of carboxylic acids is 1. The normalized spacial score (nSPS) is 22.4. The lowest BCUT2D eigenvalue weighted by Gasteiger charge is -2.18. The van der Waals surface area contributed by atoms with Crippen LogP contribution in [0.25, 0.3) is 0 Å². The molecule has 0 spiro atoms. The standard InChI is InChI=1S/C11H17NO4S/c1-6(2)12-9(13)4-8(10(12)14)17-5-7(3)11(15)16/h6-8H,4-5H2,1-3H3,(H,15,16). The van der Waals surface area contributed by atoms with E-state index in [1.807, 2.05) is 0 Å². The van der Waals surface area contributed by atoms with Gasteiger partial charge in [0.2, 0.25) is 11.8 Å². The van der Waals surface area contributed by atoms with Crippen LogP contribution in [0, 0.1) is 5.92 Å². The van der Waals surface area contributed by atoms with Crippen molar-refractivity contribution < 1.29 is 19.5 Å². The Bertz CT molecular complexity index is 342. The third-order valence-corrected chi connectivity index (χ3v) is 4.09. The number of amides is 2. The van der Waals surface area contributed by atoms with Crippen molar-refractivity contribution in [2.45, 2.75) is 38.5 Å². The summed E-state index contributed by atoms with van der Waals surface area (Å²) in [6.07, 6.45) is 0.189. The topological polar surface area (TPSA) is 74.7 Å². The van der Waals surface area contributed by atoms with Gasteiger partial charge in [0.25, 0.3) is 0 Å². The zero-order chi connectivity index (χ0) is 13.2. The Morgan fingerprint density at radius 1 is 1.47 bits per heavy atom. The molecule has 5 nitrogen and oxygen atoms in total. The largest absolute Gasteiger partial charge is 0.481 e. The molecule has 2 unspecified atom stereocenters. The Kier molecular flexibility index (Phi) is 4.56. The number of carbonyl (C=O) groups is 3. The quantitative estimate of drug-likeness (QED) is 0.745. The van der Waals surface area contributed by atoms with E-state index >= 15 is 0 Å². The number of aliphatic carboxylic acids is 1. The van der Waals surface area contributed by atoms with E-state index in [1.54, 1.807) is 20.8 Å². The summed E-state index contributed by atoms with van der Waals surface area (Å²) in [6, 6.07) is -0.127. The van der Waals surface area contributed by atoms with Crippen LogP contribution in [-0.2, 0) is 14.4 Å². The smallest absolute Gasteiger partial charge is 0.307 e. The number of likely N-dealkylation sites (tertiary alicyclic amines) is 1. The summed E-state index contributed by atoms with van der Waals surface area (Å²) < 4.78 is 0. The first-order valence-electron chi connectivity index (χ1n) is 5.55. The highest BCUT2D eigenvalue weighted by molar-refractivity contribution is 8.00. The Labute approximate surface area is 105 Å². The number of nitrogens with zero attached hydrogens (tertiary/aromatic N) is 1. The molecule has 0 aromatic rings. The average Bonchev–Trinajstić information content (AvgIpc) is 2.50. The second-order valence-corrected chi connectivity index (χ2v) is 5.70. The fraction of sp³-hybridized carbons (Fsp3) is 0.727. The average molecular weight is 259 g/mol. The van der Waals surface area contributed by atoms with Gasteiger partial charge in [-0.3, -0.25) is 19.3 Å². The molecule has 2 atom stereocenters. The lowest BCUT2D eigenvalue weighted by molar-refractivity contribution is -0.141. The molecule has 17 heavy (non-hydrogen) atoms. The van der Waals surface area contributed by atoms with Gasteiger partial charge in [0.1, 0.15) is 0 Å². The molecule has 1 saturated heterocycles. The molecule has 6 heteroatoms. The Hall–Kier alpha value is -1.04. The van der Waals surface area contributed by atoms with E-state index in [-0.39, 0.29) is 24.3 Å². The fourth-order valence-electron chi connectivity index (χ4n) is 1.63. The van der Waals surface area contributed by atoms with Gasteiger partial charge >= 0.3 is 5.97 Å². The van der Waals surface area contributed by atoms with Gasteiger partial charge in [-0.1, -0.05) is 6.92 Å². The van der Waals surface area contributed by atoms with E-state index in [9.17, 15) is 14.4 Å². The molecule has 1 aliphatic rings. The minimum absolute atomic E-state index is 0.127.